The summed E-state index contributed by atoms with van der Waals surface area (Å²) in [7, 11) is 0. The van der Waals surface area contributed by atoms with Crippen molar-refractivity contribution in [1.29, 1.82) is 0 Å². The van der Waals surface area contributed by atoms with Gasteiger partial charge >= 0.3 is 0 Å². The number of ketones is 2. The molecule has 0 spiro atoms. The Hall–Kier alpha value is -1.18. The maximum absolute atomic E-state index is 15.2. The summed E-state index contributed by atoms with van der Waals surface area (Å²) in [4.78, 5) is 24.2. The molecule has 156 valence electrons. The zero-order chi connectivity index (χ0) is 20.6. The molecule has 0 bridgehead atoms. The zero-order valence-electron chi connectivity index (χ0n) is 16.2. The molecular formula is C21H28F2O5. The molecule has 0 aromatic rings. The summed E-state index contributed by atoms with van der Waals surface area (Å²) >= 11 is 0. The van der Waals surface area contributed by atoms with E-state index in [0.717, 1.165) is 0 Å². The molecule has 4 aliphatic carbocycles. The first-order valence-electron chi connectivity index (χ1n) is 10.1. The van der Waals surface area contributed by atoms with Gasteiger partial charge in [-0.3, -0.25) is 9.59 Å². The zero-order valence-corrected chi connectivity index (χ0v) is 16.2. The summed E-state index contributed by atoms with van der Waals surface area (Å²) < 4.78 is 29.5. The number of fused-ring (bicyclic) bond motifs is 5. The maximum Gasteiger partial charge on any atom is 0.194 e. The molecule has 0 amide bonds. The lowest BCUT2D eigenvalue weighted by molar-refractivity contribution is -0.189. The van der Waals surface area contributed by atoms with E-state index in [9.17, 15) is 29.3 Å². The smallest absolute Gasteiger partial charge is 0.194 e. The van der Waals surface area contributed by atoms with E-state index in [1.165, 1.54) is 6.08 Å². The van der Waals surface area contributed by atoms with Gasteiger partial charge in [-0.2, -0.15) is 0 Å². The molecule has 5 nitrogen and oxygen atoms in total. The molecule has 4 aliphatic rings. The van der Waals surface area contributed by atoms with Crippen LogP contribution in [0.2, 0.25) is 0 Å². The van der Waals surface area contributed by atoms with Crippen LogP contribution in [0.1, 0.15) is 46.0 Å². The average molecular weight is 398 g/mol. The number of Topliss-reactive ketones (excluding diaryl/α,β-unsaturated/α-hetero) is 1. The lowest BCUT2D eigenvalue weighted by Crippen LogP contribution is -2.64. The first-order valence-corrected chi connectivity index (χ1v) is 10.1. The second kappa shape index (κ2) is 6.16. The normalized spacial score (nSPS) is 53.1. The first kappa shape index (κ1) is 20.1. The Bertz CT molecular complexity index is 753. The van der Waals surface area contributed by atoms with E-state index in [2.05, 4.69) is 0 Å². The van der Waals surface area contributed by atoms with Gasteiger partial charge < -0.3 is 15.3 Å². The summed E-state index contributed by atoms with van der Waals surface area (Å²) in [6, 6.07) is 0. The molecule has 0 aliphatic heterocycles. The summed E-state index contributed by atoms with van der Waals surface area (Å²) in [6.07, 6.45) is -2.28. The van der Waals surface area contributed by atoms with Crippen LogP contribution in [-0.4, -0.2) is 57.5 Å². The standard InChI is InChI=1S/C21H28F2O5/c1-19-8-14(26)16-11(12(19)5-6-21(19,28)15(27)9-24)4-3-10-7-13(25)17(22)18(23)20(10,16)2/h7,11-12,14,16-18,24,26,28H,3-6,8-9H2,1-2H3/t11-,12-,14-,16+,17?,18?,19-,20-,21-/m0/s1. The van der Waals surface area contributed by atoms with E-state index in [4.69, 9.17) is 0 Å². The van der Waals surface area contributed by atoms with Crippen molar-refractivity contribution in [3.05, 3.63) is 11.6 Å². The molecule has 9 atom stereocenters. The topological polar surface area (TPSA) is 94.8 Å². The van der Waals surface area contributed by atoms with Crippen molar-refractivity contribution in [1.82, 2.24) is 0 Å². The van der Waals surface area contributed by atoms with Crippen molar-refractivity contribution >= 4 is 11.6 Å². The quantitative estimate of drug-likeness (QED) is 0.658. The molecule has 2 unspecified atom stereocenters. The Morgan fingerprint density at radius 3 is 2.61 bits per heavy atom. The van der Waals surface area contributed by atoms with Gasteiger partial charge in [-0.25, -0.2) is 8.78 Å². The number of rotatable bonds is 2. The fraction of sp³-hybridized carbons (Fsp3) is 0.810. The van der Waals surface area contributed by atoms with E-state index in [1.807, 2.05) is 0 Å². The molecule has 3 saturated carbocycles. The number of alkyl halides is 2. The fourth-order valence-electron chi connectivity index (χ4n) is 7.29. The van der Waals surface area contributed by atoms with Gasteiger partial charge in [-0.1, -0.05) is 19.4 Å². The number of carbonyl (C=O) groups is 2. The van der Waals surface area contributed by atoms with Gasteiger partial charge in [0.05, 0.1) is 6.10 Å². The fourth-order valence-corrected chi connectivity index (χ4v) is 7.29. The highest BCUT2D eigenvalue weighted by atomic mass is 19.2. The van der Waals surface area contributed by atoms with Crippen LogP contribution in [0.15, 0.2) is 11.6 Å². The number of aliphatic hydroxyl groups is 3. The molecule has 3 N–H and O–H groups in total. The second-order valence-electron chi connectivity index (χ2n) is 9.66. The van der Waals surface area contributed by atoms with E-state index in [1.54, 1.807) is 13.8 Å². The van der Waals surface area contributed by atoms with E-state index < -0.39 is 59.0 Å². The van der Waals surface area contributed by atoms with Gasteiger partial charge in [0.15, 0.2) is 17.7 Å². The van der Waals surface area contributed by atoms with Crippen LogP contribution in [0.25, 0.3) is 0 Å². The summed E-state index contributed by atoms with van der Waals surface area (Å²) in [5, 5.41) is 31.6. The molecule has 0 heterocycles. The van der Waals surface area contributed by atoms with Crippen molar-refractivity contribution in [2.24, 2.45) is 28.6 Å². The van der Waals surface area contributed by atoms with Gasteiger partial charge in [-0.05, 0) is 55.9 Å². The number of allylic oxidation sites excluding steroid dienone is 1. The maximum atomic E-state index is 15.2. The minimum atomic E-state index is -2.23. The van der Waals surface area contributed by atoms with Crippen molar-refractivity contribution in [3.63, 3.8) is 0 Å². The summed E-state index contributed by atoms with van der Waals surface area (Å²) in [5.41, 5.74) is -3.38. The molecule has 0 radical (unpaired) electrons. The highest BCUT2D eigenvalue weighted by Gasteiger charge is 2.70. The summed E-state index contributed by atoms with van der Waals surface area (Å²) in [5.74, 6) is -2.44. The van der Waals surface area contributed by atoms with Gasteiger partial charge in [0.25, 0.3) is 0 Å². The van der Waals surface area contributed by atoms with Crippen molar-refractivity contribution in [3.8, 4) is 0 Å². The number of hydrogen-bond donors (Lipinski definition) is 3. The van der Waals surface area contributed by atoms with Crippen LogP contribution >= 0.6 is 0 Å². The van der Waals surface area contributed by atoms with Gasteiger partial charge in [0, 0.05) is 10.8 Å². The highest BCUT2D eigenvalue weighted by molar-refractivity contribution is 5.96. The molecule has 0 saturated heterocycles. The van der Waals surface area contributed by atoms with Crippen LogP contribution in [0.5, 0.6) is 0 Å². The number of carbonyl (C=O) groups excluding carboxylic acids is 2. The first-order chi connectivity index (χ1) is 13.0. The van der Waals surface area contributed by atoms with Gasteiger partial charge in [0.2, 0.25) is 0 Å². The second-order valence-corrected chi connectivity index (χ2v) is 9.66. The predicted molar refractivity (Wildman–Crippen MR) is 95.7 cm³/mol. The number of hydrogen-bond acceptors (Lipinski definition) is 5. The van der Waals surface area contributed by atoms with Crippen LogP contribution in [-0.2, 0) is 9.59 Å². The third-order valence-electron chi connectivity index (χ3n) is 8.76. The molecule has 0 aromatic heterocycles. The van der Waals surface area contributed by atoms with Crippen LogP contribution < -0.4 is 0 Å². The Morgan fingerprint density at radius 2 is 1.96 bits per heavy atom. The Labute approximate surface area is 162 Å². The Morgan fingerprint density at radius 1 is 1.29 bits per heavy atom. The lowest BCUT2D eigenvalue weighted by Gasteiger charge is -2.61. The molecule has 0 aromatic carbocycles. The Balaban J connectivity index is 1.77. The minimum Gasteiger partial charge on any atom is -0.393 e. The van der Waals surface area contributed by atoms with Crippen LogP contribution in [0.3, 0.4) is 0 Å². The summed E-state index contributed by atoms with van der Waals surface area (Å²) in [6.45, 7) is 2.59. The Kier molecular flexibility index (Phi) is 4.42. The molecule has 3 fully saturated rings. The molecular weight excluding hydrogens is 370 g/mol. The SMILES string of the molecule is C[C@]12C[C@H](O)[C@H]3[C@@H](CCC4=CC(=O)C(F)C(F)[C@@]43C)[C@@H]1CC[C@]2(O)C(=O)CO. The monoisotopic (exact) mass is 398 g/mol. The third kappa shape index (κ3) is 2.21. The lowest BCUT2D eigenvalue weighted by atomic mass is 9.45. The number of halogens is 2. The van der Waals surface area contributed by atoms with Crippen molar-refractivity contribution in [2.45, 2.75) is 70.0 Å². The van der Waals surface area contributed by atoms with Gasteiger partial charge in [-0.15, -0.1) is 0 Å². The highest BCUT2D eigenvalue weighted by Crippen LogP contribution is 2.68. The molecule has 7 heteroatoms. The van der Waals surface area contributed by atoms with Crippen LogP contribution in [0.4, 0.5) is 8.78 Å². The average Bonchev–Trinajstić information content (AvgIpc) is 2.92. The third-order valence-corrected chi connectivity index (χ3v) is 8.76. The van der Waals surface area contributed by atoms with E-state index >= 15 is 4.39 Å². The minimum absolute atomic E-state index is 0.0710. The van der Waals surface area contributed by atoms with E-state index in [0.29, 0.717) is 24.8 Å². The largest absolute Gasteiger partial charge is 0.393 e. The molecule has 4 rings (SSSR count). The molecule has 28 heavy (non-hydrogen) atoms. The number of aliphatic hydroxyl groups excluding tert-OH is 2. The van der Waals surface area contributed by atoms with Gasteiger partial charge in [0.1, 0.15) is 18.4 Å². The van der Waals surface area contributed by atoms with E-state index in [-0.39, 0.29) is 24.7 Å². The van der Waals surface area contributed by atoms with Crippen molar-refractivity contribution < 1.29 is 33.7 Å². The predicted octanol–water partition coefficient (Wildman–Crippen LogP) is 1.68. The van der Waals surface area contributed by atoms with Crippen LogP contribution in [0, 0.1) is 28.6 Å². The van der Waals surface area contributed by atoms with Crippen molar-refractivity contribution in [2.75, 3.05) is 6.61 Å².